The van der Waals surface area contributed by atoms with Crippen LogP contribution in [0.1, 0.15) is 18.1 Å². The summed E-state index contributed by atoms with van der Waals surface area (Å²) in [6.45, 7) is 8.41. The Balaban J connectivity index is 2.29. The highest BCUT2D eigenvalue weighted by atomic mass is 35.5. The second-order valence-electron chi connectivity index (χ2n) is 4.19. The molecule has 0 amide bonds. The van der Waals surface area contributed by atoms with Crippen molar-refractivity contribution < 1.29 is 0 Å². The molecule has 1 aromatic rings. The van der Waals surface area contributed by atoms with Crippen molar-refractivity contribution >= 4 is 29.2 Å². The Hall–Kier alpha value is -0.480. The summed E-state index contributed by atoms with van der Waals surface area (Å²) in [4.78, 5) is 2.31. The third kappa shape index (κ3) is 2.28. The SMILES string of the molecule is Cc1c(Cl)nnc(N2CCSC(C)C2)c1C. The van der Waals surface area contributed by atoms with Gasteiger partial charge in [-0.05, 0) is 25.0 Å². The third-order valence-corrected chi connectivity index (χ3v) is 4.48. The Morgan fingerprint density at radius 2 is 2.06 bits per heavy atom. The van der Waals surface area contributed by atoms with E-state index in [9.17, 15) is 0 Å². The van der Waals surface area contributed by atoms with Crippen LogP contribution in [-0.2, 0) is 0 Å². The third-order valence-electron chi connectivity index (χ3n) is 2.98. The molecule has 0 saturated carbocycles. The van der Waals surface area contributed by atoms with E-state index in [1.165, 1.54) is 0 Å². The van der Waals surface area contributed by atoms with Gasteiger partial charge in [-0.1, -0.05) is 18.5 Å². The number of hydrogen-bond donors (Lipinski definition) is 0. The minimum atomic E-state index is 0.515. The van der Waals surface area contributed by atoms with Crippen molar-refractivity contribution in [1.82, 2.24) is 10.2 Å². The minimum Gasteiger partial charge on any atom is -0.353 e. The van der Waals surface area contributed by atoms with E-state index in [4.69, 9.17) is 11.6 Å². The molecule has 1 aliphatic heterocycles. The fourth-order valence-electron chi connectivity index (χ4n) is 1.87. The maximum atomic E-state index is 5.96. The number of anilines is 1. The van der Waals surface area contributed by atoms with E-state index in [1.54, 1.807) is 0 Å². The minimum absolute atomic E-state index is 0.515. The van der Waals surface area contributed by atoms with Crippen molar-refractivity contribution in [3.8, 4) is 0 Å². The number of nitrogens with zero attached hydrogens (tertiary/aromatic N) is 3. The molecule has 1 aliphatic rings. The van der Waals surface area contributed by atoms with Crippen LogP contribution in [0.25, 0.3) is 0 Å². The normalized spacial score (nSPS) is 21.2. The van der Waals surface area contributed by atoms with Crippen LogP contribution < -0.4 is 4.90 Å². The molecule has 16 heavy (non-hydrogen) atoms. The highest BCUT2D eigenvalue weighted by molar-refractivity contribution is 8.00. The van der Waals surface area contributed by atoms with E-state index in [0.717, 1.165) is 35.8 Å². The topological polar surface area (TPSA) is 29.0 Å². The summed E-state index contributed by atoms with van der Waals surface area (Å²) in [5.41, 5.74) is 2.19. The number of hydrogen-bond acceptors (Lipinski definition) is 4. The fourth-order valence-corrected chi connectivity index (χ4v) is 3.07. The Kier molecular flexibility index (Phi) is 3.60. The van der Waals surface area contributed by atoms with Crippen molar-refractivity contribution in [1.29, 1.82) is 0 Å². The lowest BCUT2D eigenvalue weighted by atomic mass is 10.2. The predicted molar refractivity (Wildman–Crippen MR) is 70.6 cm³/mol. The Bertz CT molecular complexity index is 397. The lowest BCUT2D eigenvalue weighted by Crippen LogP contribution is -2.37. The molecule has 88 valence electrons. The van der Waals surface area contributed by atoms with Crippen LogP contribution in [0.3, 0.4) is 0 Å². The summed E-state index contributed by atoms with van der Waals surface area (Å²) >= 11 is 7.97. The van der Waals surface area contributed by atoms with Crippen LogP contribution in [-0.4, -0.2) is 34.3 Å². The maximum absolute atomic E-state index is 5.96. The average molecular weight is 258 g/mol. The molecule has 0 bridgehead atoms. The molecular formula is C11H16ClN3S. The average Bonchev–Trinajstić information content (AvgIpc) is 2.26. The van der Waals surface area contributed by atoms with Crippen LogP contribution in [0.15, 0.2) is 0 Å². The lowest BCUT2D eigenvalue weighted by molar-refractivity contribution is 0.753. The summed E-state index contributed by atoms with van der Waals surface area (Å²) in [5.74, 6) is 2.15. The monoisotopic (exact) mass is 257 g/mol. The standard InChI is InChI=1S/C11H16ClN3S/c1-7-6-15(4-5-16-7)11-9(3)8(2)10(12)13-14-11/h7H,4-6H2,1-3H3. The molecule has 1 aromatic heterocycles. The molecule has 2 rings (SSSR count). The Morgan fingerprint density at radius 1 is 1.31 bits per heavy atom. The van der Waals surface area contributed by atoms with Gasteiger partial charge >= 0.3 is 0 Å². The maximum Gasteiger partial charge on any atom is 0.155 e. The van der Waals surface area contributed by atoms with E-state index in [1.807, 2.05) is 18.7 Å². The van der Waals surface area contributed by atoms with E-state index < -0.39 is 0 Å². The number of halogens is 1. The van der Waals surface area contributed by atoms with Crippen LogP contribution in [0, 0.1) is 13.8 Å². The summed E-state index contributed by atoms with van der Waals surface area (Å²) in [6, 6.07) is 0. The van der Waals surface area contributed by atoms with Gasteiger partial charge in [0.25, 0.3) is 0 Å². The molecule has 0 N–H and O–H groups in total. The van der Waals surface area contributed by atoms with E-state index in [-0.39, 0.29) is 0 Å². The van der Waals surface area contributed by atoms with Crippen molar-refractivity contribution in [3.05, 3.63) is 16.3 Å². The number of thioether (sulfide) groups is 1. The van der Waals surface area contributed by atoms with Gasteiger partial charge in [-0.3, -0.25) is 0 Å². The van der Waals surface area contributed by atoms with Crippen molar-refractivity contribution in [2.75, 3.05) is 23.7 Å². The molecule has 3 nitrogen and oxygen atoms in total. The van der Waals surface area contributed by atoms with Crippen molar-refractivity contribution in [2.45, 2.75) is 26.0 Å². The van der Waals surface area contributed by atoms with Gasteiger partial charge in [-0.25, -0.2) is 0 Å². The van der Waals surface area contributed by atoms with Gasteiger partial charge in [-0.15, -0.1) is 10.2 Å². The molecule has 0 aliphatic carbocycles. The molecule has 0 radical (unpaired) electrons. The second-order valence-corrected chi connectivity index (χ2v) is 6.10. The van der Waals surface area contributed by atoms with Gasteiger partial charge in [0.05, 0.1) is 0 Å². The van der Waals surface area contributed by atoms with Crippen LogP contribution in [0.4, 0.5) is 5.82 Å². The largest absolute Gasteiger partial charge is 0.353 e. The van der Waals surface area contributed by atoms with E-state index in [0.29, 0.717) is 10.4 Å². The van der Waals surface area contributed by atoms with Gasteiger partial charge in [0.15, 0.2) is 11.0 Å². The molecule has 1 fully saturated rings. The summed E-state index contributed by atoms with van der Waals surface area (Å²) < 4.78 is 0. The summed E-state index contributed by atoms with van der Waals surface area (Å²) in [6.07, 6.45) is 0. The number of aromatic nitrogens is 2. The lowest BCUT2D eigenvalue weighted by Gasteiger charge is -2.32. The van der Waals surface area contributed by atoms with Gasteiger partial charge < -0.3 is 4.90 Å². The molecule has 0 spiro atoms. The van der Waals surface area contributed by atoms with Crippen molar-refractivity contribution in [3.63, 3.8) is 0 Å². The predicted octanol–water partition coefficient (Wildman–Crippen LogP) is 2.69. The molecule has 0 aromatic carbocycles. The zero-order valence-electron chi connectivity index (χ0n) is 9.83. The first kappa shape index (κ1) is 12.0. The van der Waals surface area contributed by atoms with E-state index >= 15 is 0 Å². The molecular weight excluding hydrogens is 242 g/mol. The van der Waals surface area contributed by atoms with Crippen LogP contribution in [0.2, 0.25) is 5.15 Å². The molecule has 1 saturated heterocycles. The quantitative estimate of drug-likeness (QED) is 0.774. The summed E-state index contributed by atoms with van der Waals surface area (Å²) in [5, 5.41) is 9.41. The number of rotatable bonds is 1. The van der Waals surface area contributed by atoms with Gasteiger partial charge in [-0.2, -0.15) is 11.8 Å². The van der Waals surface area contributed by atoms with Crippen molar-refractivity contribution in [2.24, 2.45) is 0 Å². The summed E-state index contributed by atoms with van der Waals surface area (Å²) in [7, 11) is 0. The smallest absolute Gasteiger partial charge is 0.155 e. The molecule has 1 atom stereocenters. The zero-order valence-corrected chi connectivity index (χ0v) is 11.4. The highest BCUT2D eigenvalue weighted by Crippen LogP contribution is 2.27. The fraction of sp³-hybridized carbons (Fsp3) is 0.636. The molecule has 5 heteroatoms. The van der Waals surface area contributed by atoms with Gasteiger partial charge in [0.1, 0.15) is 0 Å². The zero-order chi connectivity index (χ0) is 11.7. The second kappa shape index (κ2) is 4.80. The molecule has 1 unspecified atom stereocenters. The van der Waals surface area contributed by atoms with Gasteiger partial charge in [0, 0.05) is 24.1 Å². The first-order chi connectivity index (χ1) is 7.59. The first-order valence-electron chi connectivity index (χ1n) is 5.45. The Morgan fingerprint density at radius 3 is 2.75 bits per heavy atom. The highest BCUT2D eigenvalue weighted by Gasteiger charge is 2.21. The van der Waals surface area contributed by atoms with Crippen LogP contribution in [0.5, 0.6) is 0 Å². The first-order valence-corrected chi connectivity index (χ1v) is 6.88. The van der Waals surface area contributed by atoms with E-state index in [2.05, 4.69) is 28.9 Å². The van der Waals surface area contributed by atoms with Crippen LogP contribution >= 0.6 is 23.4 Å². The molecule has 2 heterocycles. The Labute approximate surface area is 106 Å². The van der Waals surface area contributed by atoms with Gasteiger partial charge in [0.2, 0.25) is 0 Å².